The number of nitrogens with two attached hydrogens (primary N) is 1. The summed E-state index contributed by atoms with van der Waals surface area (Å²) < 4.78 is 59.6. The van der Waals surface area contributed by atoms with Crippen molar-refractivity contribution in [3.63, 3.8) is 0 Å². The Morgan fingerprint density at radius 3 is 2.61 bits per heavy atom. The third-order valence-corrected chi connectivity index (χ3v) is 3.17. The molecule has 0 unspecified atom stereocenters. The summed E-state index contributed by atoms with van der Waals surface area (Å²) in [4.78, 5) is 5.44. The Hall–Kier alpha value is -1.61. The molecule has 0 spiro atoms. The van der Waals surface area contributed by atoms with Crippen molar-refractivity contribution < 1.29 is 21.1 Å². The average molecular weight is 279 g/mol. The van der Waals surface area contributed by atoms with E-state index in [0.29, 0.717) is 5.56 Å². The number of hydrogen-bond donors (Lipinski definition) is 2. The molecule has 1 heterocycles. The van der Waals surface area contributed by atoms with E-state index >= 15 is 0 Å². The molecule has 0 saturated heterocycles. The fourth-order valence-electron chi connectivity index (χ4n) is 1.44. The molecule has 0 saturated carbocycles. The van der Waals surface area contributed by atoms with Gasteiger partial charge in [-0.25, -0.2) is 4.98 Å². The number of nitrogens with one attached hydrogen (secondary N) is 1. The summed E-state index contributed by atoms with van der Waals surface area (Å²) in [6.07, 6.45) is 0. The highest BCUT2D eigenvalue weighted by Crippen LogP contribution is 2.34. The standard InChI is InChI=1S/C9H8F3N3O2S/c10-9(11,18(12,16)17)8-14-6-2-1-5(4-13)3-7(6)15-8/h1-3H,4,13H2,(H,14,15). The van der Waals surface area contributed by atoms with Crippen LogP contribution in [0.3, 0.4) is 0 Å². The lowest BCUT2D eigenvalue weighted by Gasteiger charge is -2.06. The minimum absolute atomic E-state index is 0.102. The summed E-state index contributed by atoms with van der Waals surface area (Å²) in [6.45, 7) is 0.183. The Balaban J connectivity index is 2.61. The summed E-state index contributed by atoms with van der Waals surface area (Å²) >= 11 is 0. The van der Waals surface area contributed by atoms with Gasteiger partial charge in [0.2, 0.25) is 0 Å². The lowest BCUT2D eigenvalue weighted by molar-refractivity contribution is 0.0755. The lowest BCUT2D eigenvalue weighted by Crippen LogP contribution is -2.23. The quantitative estimate of drug-likeness (QED) is 0.830. The third kappa shape index (κ3) is 1.95. The van der Waals surface area contributed by atoms with E-state index < -0.39 is 21.3 Å². The summed E-state index contributed by atoms with van der Waals surface area (Å²) in [5, 5.41) is -4.70. The zero-order valence-corrected chi connectivity index (χ0v) is 9.64. The van der Waals surface area contributed by atoms with Crippen molar-refractivity contribution in [3.05, 3.63) is 29.6 Å². The van der Waals surface area contributed by atoms with E-state index in [4.69, 9.17) is 5.73 Å². The number of hydrogen-bond acceptors (Lipinski definition) is 4. The molecule has 98 valence electrons. The average Bonchev–Trinajstić information content (AvgIpc) is 2.70. The minimum atomic E-state index is -6.07. The number of aromatic nitrogens is 2. The summed E-state index contributed by atoms with van der Waals surface area (Å²) in [5.74, 6) is -1.26. The SMILES string of the molecule is NCc1ccc2nc(C(F)(F)S(=O)(=O)F)[nH]c2c1. The van der Waals surface area contributed by atoms with Crippen LogP contribution in [0, 0.1) is 0 Å². The van der Waals surface area contributed by atoms with Crippen LogP contribution in [-0.2, 0) is 22.0 Å². The molecule has 0 aliphatic heterocycles. The topological polar surface area (TPSA) is 88.8 Å². The molecule has 1 aromatic carbocycles. The van der Waals surface area contributed by atoms with E-state index in [9.17, 15) is 21.1 Å². The molecule has 0 atom stereocenters. The van der Waals surface area contributed by atoms with Crippen molar-refractivity contribution in [2.24, 2.45) is 5.73 Å². The molecule has 0 fully saturated rings. The van der Waals surface area contributed by atoms with Crippen LogP contribution in [0.1, 0.15) is 11.4 Å². The van der Waals surface area contributed by atoms with Gasteiger partial charge in [-0.05, 0) is 17.7 Å². The number of benzene rings is 1. The number of rotatable bonds is 3. The van der Waals surface area contributed by atoms with E-state index in [1.165, 1.54) is 12.1 Å². The Morgan fingerprint density at radius 2 is 2.06 bits per heavy atom. The first kappa shape index (κ1) is 12.8. The Kier molecular flexibility index (Phi) is 2.82. The molecule has 2 aromatic rings. The van der Waals surface area contributed by atoms with E-state index in [-0.39, 0.29) is 17.6 Å². The number of nitrogens with zero attached hydrogens (tertiary/aromatic N) is 1. The predicted octanol–water partition coefficient (Wildman–Crippen LogP) is 1.37. The molecular weight excluding hydrogens is 271 g/mol. The highest BCUT2D eigenvalue weighted by atomic mass is 32.3. The van der Waals surface area contributed by atoms with Crippen LogP contribution >= 0.6 is 0 Å². The molecule has 1 aromatic heterocycles. The highest BCUT2D eigenvalue weighted by Gasteiger charge is 2.50. The first-order chi connectivity index (χ1) is 8.25. The predicted molar refractivity (Wildman–Crippen MR) is 57.9 cm³/mol. The van der Waals surface area contributed by atoms with Gasteiger partial charge in [-0.3, -0.25) is 0 Å². The van der Waals surface area contributed by atoms with Gasteiger partial charge in [0.05, 0.1) is 11.0 Å². The first-order valence-corrected chi connectivity index (χ1v) is 6.15. The maximum atomic E-state index is 13.2. The summed E-state index contributed by atoms with van der Waals surface area (Å²) in [7, 11) is -6.07. The van der Waals surface area contributed by atoms with E-state index in [2.05, 4.69) is 9.97 Å². The Bertz CT molecular complexity index is 696. The van der Waals surface area contributed by atoms with Crippen molar-refractivity contribution in [2.45, 2.75) is 11.8 Å². The van der Waals surface area contributed by atoms with Crippen LogP contribution in [0.2, 0.25) is 0 Å². The van der Waals surface area contributed by atoms with Gasteiger partial charge in [0, 0.05) is 6.54 Å². The molecule has 0 bridgehead atoms. The van der Waals surface area contributed by atoms with Crippen LogP contribution < -0.4 is 5.73 Å². The van der Waals surface area contributed by atoms with Gasteiger partial charge in [0.15, 0.2) is 5.82 Å². The molecule has 9 heteroatoms. The lowest BCUT2D eigenvalue weighted by atomic mass is 10.2. The second-order valence-electron chi connectivity index (χ2n) is 3.60. The molecule has 0 radical (unpaired) electrons. The Labute approximate surface area is 100 Å². The zero-order valence-electron chi connectivity index (χ0n) is 8.82. The third-order valence-electron chi connectivity index (χ3n) is 2.36. The maximum absolute atomic E-state index is 13.2. The minimum Gasteiger partial charge on any atom is -0.336 e. The van der Waals surface area contributed by atoms with Crippen molar-refractivity contribution in [1.82, 2.24) is 9.97 Å². The number of aromatic amines is 1. The number of imidazole rings is 1. The van der Waals surface area contributed by atoms with E-state index in [1.54, 1.807) is 6.07 Å². The van der Waals surface area contributed by atoms with Gasteiger partial charge in [-0.15, -0.1) is 0 Å². The van der Waals surface area contributed by atoms with Gasteiger partial charge in [0.1, 0.15) is 0 Å². The first-order valence-electron chi connectivity index (χ1n) is 4.77. The fourth-order valence-corrected chi connectivity index (χ4v) is 1.76. The van der Waals surface area contributed by atoms with Crippen molar-refractivity contribution >= 4 is 21.3 Å². The molecular formula is C9H8F3N3O2S. The maximum Gasteiger partial charge on any atom is 0.430 e. The number of fused-ring (bicyclic) bond motifs is 1. The van der Waals surface area contributed by atoms with Crippen LogP contribution in [-0.4, -0.2) is 18.4 Å². The summed E-state index contributed by atoms with van der Waals surface area (Å²) in [6, 6.07) is 4.38. The van der Waals surface area contributed by atoms with Gasteiger partial charge >= 0.3 is 15.5 Å². The zero-order chi connectivity index (χ0) is 13.6. The normalized spacial score (nSPS) is 13.1. The van der Waals surface area contributed by atoms with Crippen LogP contribution in [0.25, 0.3) is 11.0 Å². The molecule has 0 amide bonds. The highest BCUT2D eigenvalue weighted by molar-refractivity contribution is 7.87. The molecule has 2 rings (SSSR count). The molecule has 5 nitrogen and oxygen atoms in total. The number of H-pyrrole nitrogens is 1. The van der Waals surface area contributed by atoms with Crippen molar-refractivity contribution in [2.75, 3.05) is 0 Å². The monoisotopic (exact) mass is 279 g/mol. The number of alkyl halides is 2. The van der Waals surface area contributed by atoms with Crippen molar-refractivity contribution in [3.8, 4) is 0 Å². The Morgan fingerprint density at radius 1 is 1.39 bits per heavy atom. The summed E-state index contributed by atoms with van der Waals surface area (Å²) in [5.41, 5.74) is 6.27. The second kappa shape index (κ2) is 3.95. The van der Waals surface area contributed by atoms with Crippen LogP contribution in [0.5, 0.6) is 0 Å². The number of halogens is 3. The van der Waals surface area contributed by atoms with Gasteiger partial charge in [-0.2, -0.15) is 17.2 Å². The molecule has 0 aliphatic carbocycles. The fraction of sp³-hybridized carbons (Fsp3) is 0.222. The van der Waals surface area contributed by atoms with E-state index in [0.717, 1.165) is 0 Å². The molecule has 3 N–H and O–H groups in total. The van der Waals surface area contributed by atoms with Gasteiger partial charge in [-0.1, -0.05) is 9.95 Å². The van der Waals surface area contributed by atoms with Crippen LogP contribution in [0.4, 0.5) is 12.7 Å². The van der Waals surface area contributed by atoms with Gasteiger partial charge in [0.25, 0.3) is 0 Å². The molecule has 0 aliphatic rings. The second-order valence-corrected chi connectivity index (χ2v) is 4.98. The smallest absolute Gasteiger partial charge is 0.336 e. The van der Waals surface area contributed by atoms with Crippen LogP contribution in [0.15, 0.2) is 18.2 Å². The van der Waals surface area contributed by atoms with Gasteiger partial charge < -0.3 is 10.7 Å². The van der Waals surface area contributed by atoms with Crippen molar-refractivity contribution in [1.29, 1.82) is 0 Å². The molecule has 18 heavy (non-hydrogen) atoms. The van der Waals surface area contributed by atoms with E-state index in [1.807, 2.05) is 0 Å². The largest absolute Gasteiger partial charge is 0.430 e.